The van der Waals surface area contributed by atoms with Crippen LogP contribution in [0.3, 0.4) is 0 Å². The molecule has 0 spiro atoms. The molecule has 2 saturated carbocycles. The van der Waals surface area contributed by atoms with Crippen molar-refractivity contribution in [3.05, 3.63) is 0 Å². The predicted octanol–water partition coefficient (Wildman–Crippen LogP) is 1.13. The van der Waals surface area contributed by atoms with Crippen molar-refractivity contribution in [1.29, 1.82) is 0 Å². The summed E-state index contributed by atoms with van der Waals surface area (Å²) in [7, 11) is 1.83. The van der Waals surface area contributed by atoms with Gasteiger partial charge >= 0.3 is 0 Å². The summed E-state index contributed by atoms with van der Waals surface area (Å²) >= 11 is 0. The summed E-state index contributed by atoms with van der Waals surface area (Å²) in [6, 6.07) is 0.645. The van der Waals surface area contributed by atoms with Gasteiger partial charge in [0, 0.05) is 19.7 Å². The maximum atomic E-state index is 5.76. The Bertz CT molecular complexity index is 194. The fourth-order valence-corrected chi connectivity index (χ4v) is 2.77. The van der Waals surface area contributed by atoms with Gasteiger partial charge in [-0.1, -0.05) is 6.42 Å². The van der Waals surface area contributed by atoms with Gasteiger partial charge < -0.3 is 15.8 Å². The lowest BCUT2D eigenvalue weighted by atomic mass is 10.0. The van der Waals surface area contributed by atoms with Gasteiger partial charge in [-0.05, 0) is 44.1 Å². The van der Waals surface area contributed by atoms with Gasteiger partial charge in [0.15, 0.2) is 0 Å². The van der Waals surface area contributed by atoms with E-state index in [1.807, 2.05) is 7.11 Å². The van der Waals surface area contributed by atoms with E-state index in [0.29, 0.717) is 18.1 Å². The number of hydrogen-bond acceptors (Lipinski definition) is 3. The zero-order valence-corrected chi connectivity index (χ0v) is 9.74. The summed E-state index contributed by atoms with van der Waals surface area (Å²) < 4.78 is 5.51. The van der Waals surface area contributed by atoms with Crippen LogP contribution >= 0.6 is 0 Å². The van der Waals surface area contributed by atoms with E-state index in [0.717, 1.165) is 19.0 Å². The molecule has 2 aliphatic rings. The molecule has 2 rings (SSSR count). The third-order valence-corrected chi connectivity index (χ3v) is 3.99. The molecular weight excluding hydrogens is 188 g/mol. The van der Waals surface area contributed by atoms with Crippen molar-refractivity contribution in [3.8, 4) is 0 Å². The monoisotopic (exact) mass is 212 g/mol. The topological polar surface area (TPSA) is 47.3 Å². The third-order valence-electron chi connectivity index (χ3n) is 3.99. The third kappa shape index (κ3) is 2.92. The maximum absolute atomic E-state index is 5.76. The molecule has 0 aliphatic heterocycles. The molecule has 3 nitrogen and oxygen atoms in total. The Balaban J connectivity index is 1.71. The summed E-state index contributed by atoms with van der Waals surface area (Å²) in [4.78, 5) is 0. The van der Waals surface area contributed by atoms with E-state index in [9.17, 15) is 0 Å². The second kappa shape index (κ2) is 5.28. The second-order valence-electron chi connectivity index (χ2n) is 5.05. The van der Waals surface area contributed by atoms with Crippen LogP contribution in [0.25, 0.3) is 0 Å². The van der Waals surface area contributed by atoms with Crippen molar-refractivity contribution >= 4 is 0 Å². The molecule has 0 heterocycles. The molecule has 0 bridgehead atoms. The summed E-state index contributed by atoms with van der Waals surface area (Å²) in [6.45, 7) is 1.85. The lowest BCUT2D eigenvalue weighted by Gasteiger charge is -2.23. The minimum absolute atomic E-state index is 0.434. The molecule has 3 unspecified atom stereocenters. The molecule has 0 aromatic carbocycles. The Kier molecular flexibility index (Phi) is 4.00. The van der Waals surface area contributed by atoms with Gasteiger partial charge in [0.25, 0.3) is 0 Å². The van der Waals surface area contributed by atoms with Crippen LogP contribution in [-0.4, -0.2) is 32.3 Å². The smallest absolute Gasteiger partial charge is 0.0723 e. The van der Waals surface area contributed by atoms with Crippen molar-refractivity contribution in [2.24, 2.45) is 17.6 Å². The number of ether oxygens (including phenoxy) is 1. The number of methoxy groups -OCH3 is 1. The highest BCUT2D eigenvalue weighted by Gasteiger charge is 2.33. The van der Waals surface area contributed by atoms with Gasteiger partial charge in [-0.2, -0.15) is 0 Å². The highest BCUT2D eigenvalue weighted by atomic mass is 16.5. The van der Waals surface area contributed by atoms with Crippen molar-refractivity contribution < 1.29 is 4.74 Å². The molecule has 88 valence electrons. The average molecular weight is 212 g/mol. The van der Waals surface area contributed by atoms with Crippen LogP contribution in [0.1, 0.15) is 32.1 Å². The molecule has 0 saturated heterocycles. The fourth-order valence-electron chi connectivity index (χ4n) is 2.77. The Labute approximate surface area is 92.7 Å². The Morgan fingerprint density at radius 1 is 1.33 bits per heavy atom. The normalized spacial score (nSPS) is 33.2. The highest BCUT2D eigenvalue weighted by Crippen LogP contribution is 2.34. The van der Waals surface area contributed by atoms with E-state index in [2.05, 4.69) is 5.32 Å². The molecule has 0 aromatic heterocycles. The molecule has 15 heavy (non-hydrogen) atoms. The Hall–Kier alpha value is -0.120. The van der Waals surface area contributed by atoms with Gasteiger partial charge in [-0.15, -0.1) is 0 Å². The first-order valence-electron chi connectivity index (χ1n) is 6.31. The summed E-state index contributed by atoms with van der Waals surface area (Å²) in [6.07, 6.45) is 7.07. The lowest BCUT2D eigenvalue weighted by molar-refractivity contribution is 0.0800. The average Bonchev–Trinajstić information content (AvgIpc) is 2.98. The predicted molar refractivity (Wildman–Crippen MR) is 61.7 cm³/mol. The molecule has 2 fully saturated rings. The Morgan fingerprint density at radius 3 is 2.73 bits per heavy atom. The number of rotatable bonds is 6. The summed E-state index contributed by atoms with van der Waals surface area (Å²) in [5.41, 5.74) is 5.76. The van der Waals surface area contributed by atoms with Gasteiger partial charge in [0.1, 0.15) is 0 Å². The van der Waals surface area contributed by atoms with Crippen molar-refractivity contribution in [3.63, 3.8) is 0 Å². The molecule has 3 N–H and O–H groups in total. The number of hydrogen-bond donors (Lipinski definition) is 2. The van der Waals surface area contributed by atoms with E-state index >= 15 is 0 Å². The van der Waals surface area contributed by atoms with Crippen LogP contribution in [0.4, 0.5) is 0 Å². The van der Waals surface area contributed by atoms with Crippen molar-refractivity contribution in [1.82, 2.24) is 5.32 Å². The maximum Gasteiger partial charge on any atom is 0.0723 e. The molecule has 0 radical (unpaired) electrons. The SMILES string of the molecule is COC(CNC1CCCC1CN)C1CC1. The van der Waals surface area contributed by atoms with Crippen LogP contribution in [0.2, 0.25) is 0 Å². The van der Waals surface area contributed by atoms with Crippen LogP contribution in [0.15, 0.2) is 0 Å². The molecule has 0 amide bonds. The minimum atomic E-state index is 0.434. The number of nitrogens with one attached hydrogen (secondary N) is 1. The van der Waals surface area contributed by atoms with Gasteiger partial charge in [-0.25, -0.2) is 0 Å². The summed E-state index contributed by atoms with van der Waals surface area (Å²) in [5, 5.41) is 3.65. The first-order valence-corrected chi connectivity index (χ1v) is 6.31. The van der Waals surface area contributed by atoms with E-state index in [1.165, 1.54) is 32.1 Å². The summed E-state index contributed by atoms with van der Waals surface area (Å²) in [5.74, 6) is 1.52. The van der Waals surface area contributed by atoms with Gasteiger partial charge in [0.05, 0.1) is 6.10 Å². The van der Waals surface area contributed by atoms with Crippen LogP contribution < -0.4 is 11.1 Å². The highest BCUT2D eigenvalue weighted by molar-refractivity contribution is 4.88. The van der Waals surface area contributed by atoms with Crippen LogP contribution in [0, 0.1) is 11.8 Å². The quantitative estimate of drug-likeness (QED) is 0.694. The van der Waals surface area contributed by atoms with Crippen LogP contribution in [-0.2, 0) is 4.74 Å². The molecule has 2 aliphatic carbocycles. The van der Waals surface area contributed by atoms with Gasteiger partial charge in [-0.3, -0.25) is 0 Å². The molecule has 3 heteroatoms. The Morgan fingerprint density at radius 2 is 2.13 bits per heavy atom. The van der Waals surface area contributed by atoms with Crippen molar-refractivity contribution in [2.45, 2.75) is 44.2 Å². The standard InChI is InChI=1S/C12H24N2O/c1-15-12(9-5-6-9)8-14-11-4-2-3-10(11)7-13/h9-12,14H,2-8,13H2,1H3. The largest absolute Gasteiger partial charge is 0.380 e. The molecule has 3 atom stereocenters. The van der Waals surface area contributed by atoms with Crippen molar-refractivity contribution in [2.75, 3.05) is 20.2 Å². The fraction of sp³-hybridized carbons (Fsp3) is 1.00. The van der Waals surface area contributed by atoms with Crippen LogP contribution in [0.5, 0.6) is 0 Å². The molecule has 0 aromatic rings. The first kappa shape index (κ1) is 11.4. The first-order chi connectivity index (χ1) is 7.35. The second-order valence-corrected chi connectivity index (χ2v) is 5.05. The van der Waals surface area contributed by atoms with E-state index in [1.54, 1.807) is 0 Å². The van der Waals surface area contributed by atoms with E-state index < -0.39 is 0 Å². The molecular formula is C12H24N2O. The van der Waals surface area contributed by atoms with E-state index in [-0.39, 0.29) is 0 Å². The lowest BCUT2D eigenvalue weighted by Crippen LogP contribution is -2.41. The minimum Gasteiger partial charge on any atom is -0.380 e. The zero-order chi connectivity index (χ0) is 10.7. The number of nitrogens with two attached hydrogens (primary N) is 1. The van der Waals surface area contributed by atoms with E-state index in [4.69, 9.17) is 10.5 Å². The van der Waals surface area contributed by atoms with Gasteiger partial charge in [0.2, 0.25) is 0 Å². The zero-order valence-electron chi connectivity index (χ0n) is 9.74.